The Morgan fingerprint density at radius 1 is 1.06 bits per heavy atom. The van der Waals surface area contributed by atoms with E-state index in [0.717, 1.165) is 77.1 Å². The SMILES string of the molecule is CCCCCC(/C=C/C1C(OC2CCCCO2)CC(=O)C1COS(C)(=O)=O)OC1CCCCO1. The lowest BCUT2D eigenvalue weighted by Gasteiger charge is -2.29. The van der Waals surface area contributed by atoms with Crippen molar-refractivity contribution in [2.24, 2.45) is 11.8 Å². The molecule has 0 aromatic carbocycles. The van der Waals surface area contributed by atoms with Crippen molar-refractivity contribution >= 4 is 15.9 Å². The summed E-state index contributed by atoms with van der Waals surface area (Å²) >= 11 is 0. The summed E-state index contributed by atoms with van der Waals surface area (Å²) in [6.07, 6.45) is 14.2. The Morgan fingerprint density at radius 2 is 1.76 bits per heavy atom. The van der Waals surface area contributed by atoms with Gasteiger partial charge in [0.1, 0.15) is 5.78 Å². The van der Waals surface area contributed by atoms with Crippen LogP contribution in [0.4, 0.5) is 0 Å². The van der Waals surface area contributed by atoms with Gasteiger partial charge in [0.2, 0.25) is 0 Å². The molecule has 34 heavy (non-hydrogen) atoms. The minimum atomic E-state index is -3.65. The smallest absolute Gasteiger partial charge is 0.264 e. The number of carbonyl (C=O) groups is 1. The lowest BCUT2D eigenvalue weighted by atomic mass is 9.93. The Bertz CT molecular complexity index is 740. The van der Waals surface area contributed by atoms with E-state index in [1.807, 2.05) is 12.2 Å². The van der Waals surface area contributed by atoms with E-state index >= 15 is 0 Å². The van der Waals surface area contributed by atoms with E-state index in [9.17, 15) is 13.2 Å². The highest BCUT2D eigenvalue weighted by Gasteiger charge is 2.43. The van der Waals surface area contributed by atoms with E-state index in [1.165, 1.54) is 0 Å². The van der Waals surface area contributed by atoms with Crippen LogP contribution in [0.25, 0.3) is 0 Å². The quantitative estimate of drug-likeness (QED) is 0.211. The summed E-state index contributed by atoms with van der Waals surface area (Å²) in [6, 6.07) is 0. The zero-order valence-electron chi connectivity index (χ0n) is 20.7. The van der Waals surface area contributed by atoms with Crippen molar-refractivity contribution < 1.29 is 36.3 Å². The topological polar surface area (TPSA) is 97.4 Å². The van der Waals surface area contributed by atoms with Gasteiger partial charge in [0, 0.05) is 25.6 Å². The van der Waals surface area contributed by atoms with Crippen molar-refractivity contribution in [2.75, 3.05) is 26.1 Å². The Balaban J connectivity index is 1.72. The number of ketones is 1. The molecule has 0 N–H and O–H groups in total. The van der Waals surface area contributed by atoms with Crippen molar-refractivity contribution in [3.05, 3.63) is 12.2 Å². The zero-order valence-corrected chi connectivity index (χ0v) is 21.5. The van der Waals surface area contributed by atoms with Crippen LogP contribution >= 0.6 is 0 Å². The van der Waals surface area contributed by atoms with E-state index < -0.39 is 16.0 Å². The molecule has 0 bridgehead atoms. The maximum absolute atomic E-state index is 12.8. The van der Waals surface area contributed by atoms with Gasteiger partial charge in [-0.2, -0.15) is 8.42 Å². The van der Waals surface area contributed by atoms with Gasteiger partial charge in [-0.05, 0) is 44.9 Å². The third-order valence-electron chi connectivity index (χ3n) is 6.74. The monoisotopic (exact) mass is 502 g/mol. The van der Waals surface area contributed by atoms with Gasteiger partial charge in [0.15, 0.2) is 12.6 Å². The largest absolute Gasteiger partial charge is 0.353 e. The van der Waals surface area contributed by atoms with Crippen molar-refractivity contribution in [3.8, 4) is 0 Å². The number of rotatable bonds is 13. The lowest BCUT2D eigenvalue weighted by Crippen LogP contribution is -2.32. The highest BCUT2D eigenvalue weighted by atomic mass is 32.2. The summed E-state index contributed by atoms with van der Waals surface area (Å²) in [5.41, 5.74) is 0. The molecule has 2 heterocycles. The Kier molecular flexibility index (Phi) is 11.5. The third-order valence-corrected chi connectivity index (χ3v) is 7.30. The Hall–Kier alpha value is -0.840. The third kappa shape index (κ3) is 9.32. The summed E-state index contributed by atoms with van der Waals surface area (Å²) in [4.78, 5) is 12.8. The molecule has 0 aromatic heterocycles. The second kappa shape index (κ2) is 14.0. The molecular formula is C25H42O8S. The van der Waals surface area contributed by atoms with Crippen molar-refractivity contribution in [2.45, 2.75) is 102 Å². The number of Topliss-reactive ketones (excluding diaryl/α,β-unsaturated/α-hetero) is 1. The van der Waals surface area contributed by atoms with Crippen LogP contribution in [0.15, 0.2) is 12.2 Å². The van der Waals surface area contributed by atoms with Gasteiger partial charge in [-0.3, -0.25) is 8.98 Å². The molecular weight excluding hydrogens is 460 g/mol. The molecule has 3 aliphatic rings. The van der Waals surface area contributed by atoms with Gasteiger partial charge in [0.05, 0.1) is 31.0 Å². The van der Waals surface area contributed by atoms with Crippen molar-refractivity contribution in [1.82, 2.24) is 0 Å². The fourth-order valence-corrected chi connectivity index (χ4v) is 5.24. The fraction of sp³-hybridized carbons (Fsp3) is 0.880. The summed E-state index contributed by atoms with van der Waals surface area (Å²) in [5.74, 6) is -0.927. The highest BCUT2D eigenvalue weighted by molar-refractivity contribution is 7.85. The molecule has 8 nitrogen and oxygen atoms in total. The molecule has 6 unspecified atom stereocenters. The van der Waals surface area contributed by atoms with Crippen molar-refractivity contribution in [3.63, 3.8) is 0 Å². The normalized spacial score (nSPS) is 31.8. The summed E-state index contributed by atoms with van der Waals surface area (Å²) in [7, 11) is -3.65. The molecule has 6 atom stereocenters. The molecule has 3 fully saturated rings. The van der Waals surface area contributed by atoms with Crippen LogP contribution < -0.4 is 0 Å². The van der Waals surface area contributed by atoms with Crippen molar-refractivity contribution in [1.29, 1.82) is 0 Å². The highest BCUT2D eigenvalue weighted by Crippen LogP contribution is 2.35. The minimum Gasteiger partial charge on any atom is -0.353 e. The van der Waals surface area contributed by atoms with Crippen LogP contribution in [-0.2, 0) is 38.0 Å². The molecule has 1 saturated carbocycles. The predicted molar refractivity (Wildman–Crippen MR) is 128 cm³/mol. The molecule has 2 aliphatic heterocycles. The van der Waals surface area contributed by atoms with Gasteiger partial charge in [0.25, 0.3) is 10.1 Å². The van der Waals surface area contributed by atoms with Crippen LogP contribution in [-0.4, -0.2) is 65.1 Å². The molecule has 1 aliphatic carbocycles. The molecule has 0 radical (unpaired) electrons. The molecule has 0 aromatic rings. The van der Waals surface area contributed by atoms with Crippen LogP contribution in [0, 0.1) is 11.8 Å². The van der Waals surface area contributed by atoms with E-state index in [4.69, 9.17) is 23.1 Å². The first-order valence-corrected chi connectivity index (χ1v) is 14.8. The lowest BCUT2D eigenvalue weighted by molar-refractivity contribution is -0.192. The maximum atomic E-state index is 12.8. The first kappa shape index (κ1) is 27.7. The molecule has 0 spiro atoms. The number of unbranched alkanes of at least 4 members (excludes halogenated alkanes) is 2. The second-order valence-electron chi connectivity index (χ2n) is 9.66. The standard InChI is InChI=1S/C25H42O8S/c1-3-4-5-10-19(32-24-11-6-8-15-29-24)13-14-20-21(18-31-34(2,27)28)22(26)17-23(20)33-25-12-7-9-16-30-25/h13-14,19-21,23-25H,3-12,15-18H2,1-2H3/b14-13+. The van der Waals surface area contributed by atoms with Gasteiger partial charge in [-0.1, -0.05) is 38.3 Å². The summed E-state index contributed by atoms with van der Waals surface area (Å²) < 4.78 is 52.2. The molecule has 0 amide bonds. The zero-order chi connectivity index (χ0) is 24.4. The molecule has 196 valence electrons. The maximum Gasteiger partial charge on any atom is 0.264 e. The Labute approximate surface area is 204 Å². The average molecular weight is 503 g/mol. The Morgan fingerprint density at radius 3 is 2.38 bits per heavy atom. The molecule has 3 rings (SSSR count). The number of hydrogen-bond acceptors (Lipinski definition) is 8. The van der Waals surface area contributed by atoms with Crippen LogP contribution in [0.1, 0.15) is 77.6 Å². The van der Waals surface area contributed by atoms with Crippen LogP contribution in [0.3, 0.4) is 0 Å². The molecule has 2 saturated heterocycles. The van der Waals surface area contributed by atoms with Gasteiger partial charge in [-0.15, -0.1) is 0 Å². The first-order chi connectivity index (χ1) is 16.4. The van der Waals surface area contributed by atoms with E-state index in [-0.39, 0.29) is 49.5 Å². The van der Waals surface area contributed by atoms with E-state index in [2.05, 4.69) is 6.92 Å². The van der Waals surface area contributed by atoms with Crippen LogP contribution in [0.2, 0.25) is 0 Å². The van der Waals surface area contributed by atoms with Crippen LogP contribution in [0.5, 0.6) is 0 Å². The number of hydrogen-bond donors (Lipinski definition) is 0. The van der Waals surface area contributed by atoms with E-state index in [0.29, 0.717) is 6.61 Å². The first-order valence-electron chi connectivity index (χ1n) is 12.9. The van der Waals surface area contributed by atoms with Gasteiger partial charge < -0.3 is 18.9 Å². The average Bonchev–Trinajstić information content (AvgIpc) is 3.10. The number of ether oxygens (including phenoxy) is 4. The van der Waals surface area contributed by atoms with Gasteiger partial charge >= 0.3 is 0 Å². The second-order valence-corrected chi connectivity index (χ2v) is 11.3. The molecule has 9 heteroatoms. The fourth-order valence-electron chi connectivity index (χ4n) is 4.84. The summed E-state index contributed by atoms with van der Waals surface area (Å²) in [6.45, 7) is 3.36. The minimum absolute atomic E-state index is 0.0434. The predicted octanol–water partition coefficient (Wildman–Crippen LogP) is 4.13. The van der Waals surface area contributed by atoms with Gasteiger partial charge in [-0.25, -0.2) is 0 Å². The van der Waals surface area contributed by atoms with E-state index in [1.54, 1.807) is 0 Å². The summed E-state index contributed by atoms with van der Waals surface area (Å²) in [5, 5.41) is 0. The number of carbonyl (C=O) groups excluding carboxylic acids is 1.